The third kappa shape index (κ3) is 4.34. The summed E-state index contributed by atoms with van der Waals surface area (Å²) in [5.74, 6) is 1.17. The van der Waals surface area contributed by atoms with E-state index in [4.69, 9.17) is 9.26 Å². The Kier molecular flexibility index (Phi) is 5.57. The lowest BCUT2D eigenvalue weighted by molar-refractivity contribution is -0.117. The van der Waals surface area contributed by atoms with Crippen molar-refractivity contribution < 1.29 is 18.8 Å². The highest BCUT2D eigenvalue weighted by Crippen LogP contribution is 2.25. The molecule has 2 aromatic rings. The average Bonchev–Trinajstić information content (AvgIpc) is 2.93. The lowest BCUT2D eigenvalue weighted by atomic mass is 10.2. The van der Waals surface area contributed by atoms with E-state index < -0.39 is 0 Å². The van der Waals surface area contributed by atoms with E-state index in [1.54, 1.807) is 26.2 Å². The highest BCUT2D eigenvalue weighted by atomic mass is 16.5. The van der Waals surface area contributed by atoms with Crippen LogP contribution in [0.5, 0.6) is 5.75 Å². The molecule has 128 valence electrons. The number of aromatic nitrogens is 1. The molecule has 1 heterocycles. The fourth-order valence-electron chi connectivity index (χ4n) is 2.26. The Bertz CT molecular complexity index is 739. The lowest BCUT2D eigenvalue weighted by Gasteiger charge is -2.17. The number of anilines is 2. The molecule has 0 fully saturated rings. The molecule has 7 nitrogen and oxygen atoms in total. The highest BCUT2D eigenvalue weighted by molar-refractivity contribution is 5.95. The van der Waals surface area contributed by atoms with Crippen LogP contribution >= 0.6 is 0 Å². The number of methoxy groups -OCH3 is 1. The zero-order chi connectivity index (χ0) is 17.7. The summed E-state index contributed by atoms with van der Waals surface area (Å²) in [4.78, 5) is 25.4. The van der Waals surface area contributed by atoms with Crippen LogP contribution in [0.3, 0.4) is 0 Å². The highest BCUT2D eigenvalue weighted by Gasteiger charge is 2.17. The van der Waals surface area contributed by atoms with Crippen molar-refractivity contribution in [2.75, 3.05) is 23.9 Å². The van der Waals surface area contributed by atoms with Gasteiger partial charge in [0.1, 0.15) is 11.5 Å². The van der Waals surface area contributed by atoms with Gasteiger partial charge in [-0.25, -0.2) is 0 Å². The van der Waals surface area contributed by atoms with E-state index in [-0.39, 0.29) is 24.8 Å². The maximum atomic E-state index is 12.2. The van der Waals surface area contributed by atoms with Crippen molar-refractivity contribution in [1.29, 1.82) is 0 Å². The van der Waals surface area contributed by atoms with Gasteiger partial charge in [-0.05, 0) is 31.5 Å². The molecular weight excluding hydrogens is 310 g/mol. The van der Waals surface area contributed by atoms with Crippen LogP contribution in [0.2, 0.25) is 0 Å². The van der Waals surface area contributed by atoms with Crippen LogP contribution in [0.25, 0.3) is 0 Å². The number of carbonyl (C=O) groups is 2. The first kappa shape index (κ1) is 17.5. The van der Waals surface area contributed by atoms with Crippen LogP contribution in [0.1, 0.15) is 24.7 Å². The summed E-state index contributed by atoms with van der Waals surface area (Å²) in [5.41, 5.74) is 1.61. The van der Waals surface area contributed by atoms with Crippen LogP contribution in [0.4, 0.5) is 11.5 Å². The van der Waals surface area contributed by atoms with Crippen LogP contribution in [0, 0.1) is 13.8 Å². The van der Waals surface area contributed by atoms with Crippen molar-refractivity contribution in [3.63, 3.8) is 0 Å². The number of hydrogen-bond donors (Lipinski definition) is 1. The predicted molar refractivity (Wildman–Crippen MR) is 90.2 cm³/mol. The topological polar surface area (TPSA) is 84.7 Å². The van der Waals surface area contributed by atoms with E-state index >= 15 is 0 Å². The van der Waals surface area contributed by atoms with Crippen LogP contribution in [-0.2, 0) is 9.59 Å². The second kappa shape index (κ2) is 7.63. The van der Waals surface area contributed by atoms with E-state index in [9.17, 15) is 9.59 Å². The molecule has 0 spiro atoms. The van der Waals surface area contributed by atoms with Crippen molar-refractivity contribution in [3.8, 4) is 5.75 Å². The molecule has 7 heteroatoms. The Hall–Kier alpha value is -2.83. The molecule has 2 amide bonds. The van der Waals surface area contributed by atoms with Crippen LogP contribution < -0.4 is 15.0 Å². The SMILES string of the molecule is COc1ccc(C)cc1NC(=O)CCN(C(C)=O)c1cc(C)on1. The molecule has 0 saturated carbocycles. The van der Waals surface area contributed by atoms with Gasteiger partial charge >= 0.3 is 0 Å². The van der Waals surface area contributed by atoms with Gasteiger partial charge in [-0.3, -0.25) is 14.5 Å². The van der Waals surface area contributed by atoms with Gasteiger partial charge in [0.15, 0.2) is 5.82 Å². The fraction of sp³-hybridized carbons (Fsp3) is 0.353. The molecular formula is C17H21N3O4. The molecule has 0 atom stereocenters. The summed E-state index contributed by atoms with van der Waals surface area (Å²) in [6.45, 7) is 5.30. The van der Waals surface area contributed by atoms with Crippen LogP contribution in [-0.4, -0.2) is 30.6 Å². The third-order valence-electron chi connectivity index (χ3n) is 3.46. The van der Waals surface area contributed by atoms with Gasteiger partial charge in [-0.15, -0.1) is 0 Å². The van der Waals surface area contributed by atoms with E-state index in [1.807, 2.05) is 19.1 Å². The number of benzene rings is 1. The quantitative estimate of drug-likeness (QED) is 0.879. The van der Waals surface area contributed by atoms with E-state index in [1.165, 1.54) is 11.8 Å². The molecule has 0 aliphatic heterocycles. The van der Waals surface area contributed by atoms with Crippen LogP contribution in [0.15, 0.2) is 28.8 Å². The first-order chi connectivity index (χ1) is 11.4. The summed E-state index contributed by atoms with van der Waals surface area (Å²) in [7, 11) is 1.55. The maximum absolute atomic E-state index is 12.2. The van der Waals surface area contributed by atoms with Crippen molar-refractivity contribution in [1.82, 2.24) is 5.16 Å². The maximum Gasteiger partial charge on any atom is 0.226 e. The van der Waals surface area contributed by atoms with Crippen molar-refractivity contribution in [2.45, 2.75) is 27.2 Å². The Balaban J connectivity index is 2.01. The molecule has 1 aromatic carbocycles. The Morgan fingerprint density at radius 3 is 2.62 bits per heavy atom. The summed E-state index contributed by atoms with van der Waals surface area (Å²) in [6.07, 6.45) is 0.128. The lowest BCUT2D eigenvalue weighted by Crippen LogP contribution is -2.32. The van der Waals surface area contributed by atoms with Gasteiger partial charge in [0, 0.05) is 26.0 Å². The van der Waals surface area contributed by atoms with Gasteiger partial charge in [-0.1, -0.05) is 11.2 Å². The Morgan fingerprint density at radius 2 is 2.04 bits per heavy atom. The largest absolute Gasteiger partial charge is 0.495 e. The number of amides is 2. The second-order valence-electron chi connectivity index (χ2n) is 5.47. The standard InChI is InChI=1S/C17H21N3O4/c1-11-5-6-15(23-4)14(9-11)18-17(22)7-8-20(13(3)21)16-10-12(2)24-19-16/h5-6,9-10H,7-8H2,1-4H3,(H,18,22). The molecule has 0 aliphatic carbocycles. The minimum absolute atomic E-state index is 0.128. The first-order valence-electron chi connectivity index (χ1n) is 7.56. The summed E-state index contributed by atoms with van der Waals surface area (Å²) in [5, 5.41) is 6.62. The van der Waals surface area contributed by atoms with Gasteiger partial charge < -0.3 is 14.6 Å². The third-order valence-corrected chi connectivity index (χ3v) is 3.46. The van der Waals surface area contributed by atoms with E-state index in [2.05, 4.69) is 10.5 Å². The number of nitrogens with zero attached hydrogens (tertiary/aromatic N) is 2. The molecule has 0 saturated heterocycles. The van der Waals surface area contributed by atoms with Gasteiger partial charge in [0.2, 0.25) is 11.8 Å². The number of nitrogens with one attached hydrogen (secondary N) is 1. The summed E-state index contributed by atoms with van der Waals surface area (Å²) in [6, 6.07) is 7.19. The minimum atomic E-state index is -0.217. The number of aryl methyl sites for hydroxylation is 2. The number of hydrogen-bond acceptors (Lipinski definition) is 5. The minimum Gasteiger partial charge on any atom is -0.495 e. The smallest absolute Gasteiger partial charge is 0.226 e. The molecule has 1 N–H and O–H groups in total. The fourth-order valence-corrected chi connectivity index (χ4v) is 2.26. The molecule has 0 radical (unpaired) electrons. The number of rotatable bonds is 6. The molecule has 24 heavy (non-hydrogen) atoms. The van der Waals surface area contributed by atoms with Gasteiger partial charge in [0.05, 0.1) is 12.8 Å². The van der Waals surface area contributed by atoms with Gasteiger partial charge in [-0.2, -0.15) is 0 Å². The van der Waals surface area contributed by atoms with Gasteiger partial charge in [0.25, 0.3) is 0 Å². The monoisotopic (exact) mass is 331 g/mol. The normalized spacial score (nSPS) is 10.3. The Labute approximate surface area is 140 Å². The van der Waals surface area contributed by atoms with E-state index in [0.29, 0.717) is 23.0 Å². The van der Waals surface area contributed by atoms with E-state index in [0.717, 1.165) is 5.56 Å². The predicted octanol–water partition coefficient (Wildman–Crippen LogP) is 2.68. The molecule has 1 aromatic heterocycles. The second-order valence-corrected chi connectivity index (χ2v) is 5.47. The molecule has 2 rings (SSSR count). The first-order valence-corrected chi connectivity index (χ1v) is 7.56. The van der Waals surface area contributed by atoms with Crippen molar-refractivity contribution >= 4 is 23.3 Å². The molecule has 0 aliphatic rings. The molecule has 0 unspecified atom stereocenters. The number of carbonyl (C=O) groups excluding carboxylic acids is 2. The van der Waals surface area contributed by atoms with Crippen molar-refractivity contribution in [2.24, 2.45) is 0 Å². The summed E-state index contributed by atoms with van der Waals surface area (Å²) < 4.78 is 10.2. The Morgan fingerprint density at radius 1 is 1.29 bits per heavy atom. The molecule has 0 bridgehead atoms. The number of ether oxygens (including phenoxy) is 1. The summed E-state index contributed by atoms with van der Waals surface area (Å²) >= 11 is 0. The zero-order valence-corrected chi connectivity index (χ0v) is 14.3. The van der Waals surface area contributed by atoms with Crippen molar-refractivity contribution in [3.05, 3.63) is 35.6 Å². The zero-order valence-electron chi connectivity index (χ0n) is 14.3. The average molecular weight is 331 g/mol.